The van der Waals surface area contributed by atoms with Gasteiger partial charge in [-0.2, -0.15) is 17.0 Å². The number of rotatable bonds is 11. The van der Waals surface area contributed by atoms with Gasteiger partial charge in [-0.3, -0.25) is 0 Å². The molecule has 1 saturated carbocycles. The summed E-state index contributed by atoms with van der Waals surface area (Å²) in [4.78, 5) is 9.22. The van der Waals surface area contributed by atoms with E-state index in [1.54, 1.807) is 38.1 Å². The van der Waals surface area contributed by atoms with Crippen molar-refractivity contribution in [3.63, 3.8) is 0 Å². The minimum Gasteiger partial charge on any atom is -0.496 e. The Labute approximate surface area is 194 Å². The number of para-hydroxylation sites is 1. The van der Waals surface area contributed by atoms with E-state index in [0.717, 1.165) is 10.6 Å². The van der Waals surface area contributed by atoms with Crippen molar-refractivity contribution in [1.29, 1.82) is 0 Å². The van der Waals surface area contributed by atoms with Gasteiger partial charge < -0.3 is 9.57 Å². The zero-order valence-electron chi connectivity index (χ0n) is 19.1. The maximum absolute atomic E-state index is 13.4. The lowest BCUT2D eigenvalue weighted by Crippen LogP contribution is -2.39. The molecule has 0 aliphatic heterocycles. The monoisotopic (exact) mass is 500 g/mol. The van der Waals surface area contributed by atoms with Crippen LogP contribution in [0.1, 0.15) is 32.3 Å². The van der Waals surface area contributed by atoms with Crippen molar-refractivity contribution in [2.45, 2.75) is 44.0 Å². The van der Waals surface area contributed by atoms with Gasteiger partial charge in [0.15, 0.2) is 0 Å². The van der Waals surface area contributed by atoms with Crippen LogP contribution in [0.2, 0.25) is 0 Å². The first kappa shape index (κ1) is 25.1. The highest BCUT2D eigenvalue weighted by atomic mass is 32.2. The number of hydrogen-bond donors (Lipinski definition) is 0. The summed E-state index contributed by atoms with van der Waals surface area (Å²) < 4.78 is 59.6. The molecule has 0 radical (unpaired) electrons. The molecule has 1 aromatic heterocycles. The summed E-state index contributed by atoms with van der Waals surface area (Å²) in [6.45, 7) is 3.48. The van der Waals surface area contributed by atoms with Gasteiger partial charge in [-0.05, 0) is 38.8 Å². The molecule has 1 fully saturated rings. The van der Waals surface area contributed by atoms with Crippen LogP contribution in [-0.4, -0.2) is 85.2 Å². The van der Waals surface area contributed by atoms with E-state index in [1.165, 1.54) is 25.5 Å². The second-order valence-electron chi connectivity index (χ2n) is 7.86. The molecule has 182 valence electrons. The second-order valence-corrected chi connectivity index (χ2v) is 11.6. The van der Waals surface area contributed by atoms with Crippen molar-refractivity contribution < 1.29 is 26.4 Å². The van der Waals surface area contributed by atoms with Gasteiger partial charge >= 0.3 is 10.2 Å². The van der Waals surface area contributed by atoms with Gasteiger partial charge in [0.25, 0.3) is 15.2 Å². The highest BCUT2D eigenvalue weighted by Gasteiger charge is 2.41. The van der Waals surface area contributed by atoms with Gasteiger partial charge in [0.2, 0.25) is 0 Å². The van der Waals surface area contributed by atoms with Gasteiger partial charge in [-0.1, -0.05) is 17.3 Å². The molecule has 1 heterocycles. The third-order valence-electron chi connectivity index (χ3n) is 4.74. The van der Waals surface area contributed by atoms with Gasteiger partial charge in [0.1, 0.15) is 23.9 Å². The van der Waals surface area contributed by atoms with Gasteiger partial charge in [-0.25, -0.2) is 13.4 Å². The van der Waals surface area contributed by atoms with Crippen LogP contribution in [-0.2, 0) is 25.1 Å². The molecular formula is C19H28N6O6S2. The molecule has 1 aliphatic carbocycles. The number of hydrogen-bond acceptors (Lipinski definition) is 9. The zero-order chi connectivity index (χ0) is 24.4. The summed E-state index contributed by atoms with van der Waals surface area (Å²) in [5, 5.41) is 7.35. The largest absolute Gasteiger partial charge is 0.496 e. The number of sulfonamides is 1. The molecule has 0 spiro atoms. The van der Waals surface area contributed by atoms with Crippen molar-refractivity contribution >= 4 is 25.9 Å². The Morgan fingerprint density at radius 3 is 2.45 bits per heavy atom. The average Bonchev–Trinajstić information content (AvgIpc) is 3.46. The highest BCUT2D eigenvalue weighted by Crippen LogP contribution is 2.32. The lowest BCUT2D eigenvalue weighted by molar-refractivity contribution is 0.0854. The van der Waals surface area contributed by atoms with Crippen molar-refractivity contribution in [2.24, 2.45) is 5.16 Å². The minimum atomic E-state index is -4.23. The van der Waals surface area contributed by atoms with E-state index in [-0.39, 0.29) is 18.7 Å². The fraction of sp³-hybridized carbons (Fsp3) is 0.526. The maximum Gasteiger partial charge on any atom is 0.323 e. The van der Waals surface area contributed by atoms with E-state index in [1.807, 2.05) is 0 Å². The first-order valence-corrected chi connectivity index (χ1v) is 13.0. The summed E-state index contributed by atoms with van der Waals surface area (Å²) in [5.74, 6) is 0.510. The standard InChI is InChI=1S/C19H28N6O6S2/c1-14(2)31-22-17(16-8-6-7-9-18(16)30-5)12-24(15-10-11-15)32(26,27)19-20-13-25(21-19)33(28,29)23(3)4/h6-9,13-15H,10-12H2,1-5H3/b22-17+. The molecule has 14 heteroatoms. The third-order valence-corrected chi connectivity index (χ3v) is 8.00. The van der Waals surface area contributed by atoms with Crippen LogP contribution in [0.25, 0.3) is 0 Å². The first-order valence-electron chi connectivity index (χ1n) is 10.2. The number of methoxy groups -OCH3 is 1. The van der Waals surface area contributed by atoms with Crippen LogP contribution in [0.3, 0.4) is 0 Å². The van der Waals surface area contributed by atoms with Crippen molar-refractivity contribution in [1.82, 2.24) is 22.8 Å². The van der Waals surface area contributed by atoms with E-state index in [4.69, 9.17) is 9.57 Å². The summed E-state index contributed by atoms with van der Waals surface area (Å²) in [6, 6.07) is 6.79. The van der Waals surface area contributed by atoms with E-state index >= 15 is 0 Å². The second kappa shape index (κ2) is 9.75. The van der Waals surface area contributed by atoms with Crippen LogP contribution in [0.5, 0.6) is 5.75 Å². The number of oxime groups is 1. The maximum atomic E-state index is 13.4. The first-order chi connectivity index (χ1) is 15.5. The Kier molecular flexibility index (Phi) is 7.41. The average molecular weight is 501 g/mol. The molecule has 1 aromatic carbocycles. The number of nitrogens with zero attached hydrogens (tertiary/aromatic N) is 6. The topological polar surface area (TPSA) is 136 Å². The van der Waals surface area contributed by atoms with Gasteiger partial charge in [0.05, 0.1) is 13.7 Å². The predicted octanol–water partition coefficient (Wildman–Crippen LogP) is 0.924. The van der Waals surface area contributed by atoms with Gasteiger partial charge in [0, 0.05) is 25.7 Å². The third kappa shape index (κ3) is 5.51. The van der Waals surface area contributed by atoms with Crippen LogP contribution in [0, 0.1) is 0 Å². The zero-order valence-corrected chi connectivity index (χ0v) is 20.7. The Hall–Kier alpha value is -2.55. The summed E-state index contributed by atoms with van der Waals surface area (Å²) >= 11 is 0. The molecule has 1 aliphatic rings. The Balaban J connectivity index is 2.00. The Morgan fingerprint density at radius 1 is 1.21 bits per heavy atom. The molecule has 0 amide bonds. The predicted molar refractivity (Wildman–Crippen MR) is 121 cm³/mol. The normalized spacial score (nSPS) is 15.5. The Bertz CT molecular complexity index is 1220. The smallest absolute Gasteiger partial charge is 0.323 e. The van der Waals surface area contributed by atoms with Crippen molar-refractivity contribution in [3.05, 3.63) is 36.2 Å². The number of ether oxygens (including phenoxy) is 1. The van der Waals surface area contributed by atoms with E-state index in [0.29, 0.717) is 34.0 Å². The van der Waals surface area contributed by atoms with E-state index in [9.17, 15) is 16.8 Å². The minimum absolute atomic E-state index is 0.130. The molecule has 0 unspecified atom stereocenters. The number of benzene rings is 1. The van der Waals surface area contributed by atoms with E-state index < -0.39 is 25.4 Å². The highest BCUT2D eigenvalue weighted by molar-refractivity contribution is 7.89. The molecule has 33 heavy (non-hydrogen) atoms. The van der Waals surface area contributed by atoms with Crippen molar-refractivity contribution in [2.75, 3.05) is 27.7 Å². The molecule has 12 nitrogen and oxygen atoms in total. The fourth-order valence-electron chi connectivity index (χ4n) is 2.87. The fourth-order valence-corrected chi connectivity index (χ4v) is 5.08. The quantitative estimate of drug-likeness (QED) is 0.328. The lowest BCUT2D eigenvalue weighted by atomic mass is 10.1. The molecule has 3 rings (SSSR count). The van der Waals surface area contributed by atoms with Crippen LogP contribution in [0.15, 0.2) is 40.9 Å². The van der Waals surface area contributed by atoms with Crippen LogP contribution in [0.4, 0.5) is 0 Å². The summed E-state index contributed by atoms with van der Waals surface area (Å²) in [6.07, 6.45) is 1.94. The van der Waals surface area contributed by atoms with Crippen LogP contribution >= 0.6 is 0 Å². The van der Waals surface area contributed by atoms with Crippen LogP contribution < -0.4 is 4.74 Å². The molecule has 0 atom stereocenters. The number of aromatic nitrogens is 3. The van der Waals surface area contributed by atoms with E-state index in [2.05, 4.69) is 15.2 Å². The molecule has 0 bridgehead atoms. The Morgan fingerprint density at radius 2 is 1.88 bits per heavy atom. The molecular weight excluding hydrogens is 472 g/mol. The molecule has 0 saturated heterocycles. The summed E-state index contributed by atoms with van der Waals surface area (Å²) in [7, 11) is -4.11. The molecule has 2 aromatic rings. The molecule has 0 N–H and O–H groups in total. The lowest BCUT2D eigenvalue weighted by Gasteiger charge is -2.22. The van der Waals surface area contributed by atoms with Gasteiger partial charge in [-0.15, -0.1) is 9.19 Å². The summed E-state index contributed by atoms with van der Waals surface area (Å²) in [5.41, 5.74) is 0.923. The SMILES string of the molecule is COc1ccccc1/C(CN(C1CC1)S(=O)(=O)c1ncn(S(=O)(=O)N(C)C)n1)=N/OC(C)C. The van der Waals surface area contributed by atoms with Crippen molar-refractivity contribution in [3.8, 4) is 5.75 Å².